The van der Waals surface area contributed by atoms with E-state index < -0.39 is 17.8 Å². The van der Waals surface area contributed by atoms with Crippen molar-refractivity contribution in [3.63, 3.8) is 0 Å². The van der Waals surface area contributed by atoms with Crippen LogP contribution >= 0.6 is 0 Å². The van der Waals surface area contributed by atoms with Crippen LogP contribution in [0.3, 0.4) is 0 Å². The molecule has 6 nitrogen and oxygen atoms in total. The lowest BCUT2D eigenvalue weighted by Crippen LogP contribution is -2.24. The van der Waals surface area contributed by atoms with Gasteiger partial charge < -0.3 is 5.32 Å². The highest BCUT2D eigenvalue weighted by Gasteiger charge is 2.30. The Kier molecular flexibility index (Phi) is 5.00. The summed E-state index contributed by atoms with van der Waals surface area (Å²) in [5.74, 6) is 0.276. The van der Waals surface area contributed by atoms with Gasteiger partial charge in [-0.15, -0.1) is 0 Å². The van der Waals surface area contributed by atoms with Crippen LogP contribution in [0.1, 0.15) is 11.3 Å². The smallest absolute Gasteiger partial charge is 0.308 e. The van der Waals surface area contributed by atoms with Crippen LogP contribution in [0.4, 0.5) is 29.5 Å². The largest absolute Gasteiger partial charge is 0.416 e. The average Bonchev–Trinajstić information content (AvgIpc) is 2.85. The zero-order valence-corrected chi connectivity index (χ0v) is 15.0. The van der Waals surface area contributed by atoms with E-state index in [-0.39, 0.29) is 17.2 Å². The third-order valence-electron chi connectivity index (χ3n) is 4.21. The highest BCUT2D eigenvalue weighted by Crippen LogP contribution is 2.29. The van der Waals surface area contributed by atoms with Crippen LogP contribution in [-0.2, 0) is 13.2 Å². The molecule has 0 saturated heterocycles. The third-order valence-corrected chi connectivity index (χ3v) is 4.21. The molecule has 0 bridgehead atoms. The summed E-state index contributed by atoms with van der Waals surface area (Å²) < 4.78 is 40.6. The van der Waals surface area contributed by atoms with Gasteiger partial charge in [0.15, 0.2) is 0 Å². The molecule has 9 heteroatoms. The molecule has 0 fully saturated rings. The number of hydrogen-bond donors (Lipinski definition) is 2. The number of halogens is 3. The normalized spacial score (nSPS) is 11.3. The van der Waals surface area contributed by atoms with E-state index in [1.165, 1.54) is 16.2 Å². The summed E-state index contributed by atoms with van der Waals surface area (Å²) in [5.41, 5.74) is 0.207. The van der Waals surface area contributed by atoms with Gasteiger partial charge in [0.1, 0.15) is 5.82 Å². The molecule has 0 aliphatic carbocycles. The highest BCUT2D eigenvalue weighted by molar-refractivity contribution is 5.99. The Morgan fingerprint density at radius 1 is 0.964 bits per heavy atom. The molecule has 2 N–H and O–H groups in total. The van der Waals surface area contributed by atoms with E-state index in [2.05, 4.69) is 10.6 Å². The fourth-order valence-electron chi connectivity index (χ4n) is 2.81. The fraction of sp³-hybridized carbons (Fsp3) is 0.158. The Hall–Kier alpha value is -3.49. The van der Waals surface area contributed by atoms with Gasteiger partial charge in [-0.1, -0.05) is 18.2 Å². The van der Waals surface area contributed by atoms with E-state index in [0.29, 0.717) is 11.4 Å². The fourth-order valence-corrected chi connectivity index (χ4v) is 2.81. The van der Waals surface area contributed by atoms with Crippen molar-refractivity contribution < 1.29 is 18.0 Å². The Morgan fingerprint density at radius 2 is 1.57 bits per heavy atom. The first kappa shape index (κ1) is 19.3. The number of imidazole rings is 1. The predicted octanol–water partition coefficient (Wildman–Crippen LogP) is 4.15. The van der Waals surface area contributed by atoms with Gasteiger partial charge in [0.05, 0.1) is 16.9 Å². The van der Waals surface area contributed by atoms with Crippen molar-refractivity contribution in [3.8, 4) is 5.69 Å². The number of amides is 2. The molecule has 146 valence electrons. The van der Waals surface area contributed by atoms with Crippen LogP contribution in [0, 0.1) is 6.92 Å². The van der Waals surface area contributed by atoms with Gasteiger partial charge in [0.2, 0.25) is 0 Å². The summed E-state index contributed by atoms with van der Waals surface area (Å²) in [6, 6.07) is 12.3. The molecular formula is C19H17F3N4O2. The van der Waals surface area contributed by atoms with Gasteiger partial charge in [-0.05, 0) is 43.3 Å². The second kappa shape index (κ2) is 7.26. The van der Waals surface area contributed by atoms with E-state index in [0.717, 1.165) is 24.3 Å². The molecule has 0 unspecified atom stereocenters. The van der Waals surface area contributed by atoms with Gasteiger partial charge in [0.25, 0.3) is 0 Å². The van der Waals surface area contributed by atoms with Crippen LogP contribution in [0.5, 0.6) is 0 Å². The molecule has 2 aromatic carbocycles. The van der Waals surface area contributed by atoms with Gasteiger partial charge in [-0.25, -0.2) is 9.59 Å². The minimum absolute atomic E-state index is 0.190. The molecule has 1 aromatic heterocycles. The van der Waals surface area contributed by atoms with Crippen molar-refractivity contribution in [2.75, 3.05) is 10.6 Å². The molecular weight excluding hydrogens is 373 g/mol. The van der Waals surface area contributed by atoms with Crippen LogP contribution in [-0.4, -0.2) is 15.2 Å². The first-order valence-corrected chi connectivity index (χ1v) is 8.27. The average molecular weight is 390 g/mol. The summed E-state index contributed by atoms with van der Waals surface area (Å²) in [6.07, 6.45) is -4.45. The second-order valence-electron chi connectivity index (χ2n) is 6.10. The monoisotopic (exact) mass is 390 g/mol. The first-order chi connectivity index (χ1) is 13.2. The molecule has 0 atom stereocenters. The maximum Gasteiger partial charge on any atom is 0.416 e. The van der Waals surface area contributed by atoms with Crippen molar-refractivity contribution in [1.82, 2.24) is 9.13 Å². The van der Waals surface area contributed by atoms with Gasteiger partial charge in [0, 0.05) is 12.7 Å². The van der Waals surface area contributed by atoms with Crippen LogP contribution in [0.15, 0.2) is 59.4 Å². The molecule has 0 spiro atoms. The minimum atomic E-state index is -4.45. The summed E-state index contributed by atoms with van der Waals surface area (Å²) in [5, 5.41) is 5.02. The molecule has 0 radical (unpaired) electrons. The number of carbonyl (C=O) groups excluding carboxylic acids is 1. The Morgan fingerprint density at radius 3 is 2.14 bits per heavy atom. The lowest BCUT2D eigenvalue weighted by atomic mass is 10.2. The molecule has 0 saturated carbocycles. The lowest BCUT2D eigenvalue weighted by molar-refractivity contribution is -0.137. The standard InChI is InChI=1S/C19H17F3N4O2/c1-12-16(25(2)18(28)26(12)15-6-4-3-5-7-15)24-17(27)23-14-10-8-13(9-11-14)19(20,21)22/h3-11H,1-2H3,(H2,23,24,27). The number of rotatable bonds is 3. The number of benzene rings is 2. The Bertz CT molecular complexity index is 1050. The molecule has 2 amide bonds. The number of carbonyl (C=O) groups is 1. The second-order valence-corrected chi connectivity index (χ2v) is 6.10. The number of urea groups is 1. The molecule has 0 aliphatic heterocycles. The summed E-state index contributed by atoms with van der Waals surface area (Å²) in [7, 11) is 1.52. The van der Waals surface area contributed by atoms with Gasteiger partial charge in [-0.2, -0.15) is 13.2 Å². The number of anilines is 2. The van der Waals surface area contributed by atoms with Crippen molar-refractivity contribution in [3.05, 3.63) is 76.3 Å². The number of alkyl halides is 3. The zero-order chi connectivity index (χ0) is 20.5. The molecule has 1 heterocycles. The van der Waals surface area contributed by atoms with Crippen LogP contribution in [0.25, 0.3) is 5.69 Å². The number of nitrogens with one attached hydrogen (secondary N) is 2. The minimum Gasteiger partial charge on any atom is -0.308 e. The molecule has 3 rings (SSSR count). The lowest BCUT2D eigenvalue weighted by Gasteiger charge is -2.11. The quantitative estimate of drug-likeness (QED) is 0.706. The van der Waals surface area contributed by atoms with Crippen LogP contribution in [0.2, 0.25) is 0 Å². The molecule has 3 aromatic rings. The molecule has 28 heavy (non-hydrogen) atoms. The maximum atomic E-state index is 12.6. The highest BCUT2D eigenvalue weighted by atomic mass is 19.4. The molecule has 0 aliphatic rings. The van der Waals surface area contributed by atoms with E-state index in [4.69, 9.17) is 0 Å². The topological polar surface area (TPSA) is 68.1 Å². The van der Waals surface area contributed by atoms with Crippen molar-refractivity contribution in [2.45, 2.75) is 13.1 Å². The van der Waals surface area contributed by atoms with Crippen molar-refractivity contribution in [2.24, 2.45) is 7.05 Å². The van der Waals surface area contributed by atoms with E-state index in [9.17, 15) is 22.8 Å². The zero-order valence-electron chi connectivity index (χ0n) is 15.0. The maximum absolute atomic E-state index is 12.6. The van der Waals surface area contributed by atoms with E-state index in [1.54, 1.807) is 31.2 Å². The number of hydrogen-bond acceptors (Lipinski definition) is 2. The number of para-hydroxylation sites is 1. The Labute approximate surface area is 158 Å². The third kappa shape index (κ3) is 3.78. The summed E-state index contributed by atoms with van der Waals surface area (Å²) in [6.45, 7) is 1.68. The number of aromatic nitrogens is 2. The first-order valence-electron chi connectivity index (χ1n) is 8.27. The van der Waals surface area contributed by atoms with Gasteiger partial charge >= 0.3 is 17.9 Å². The SMILES string of the molecule is Cc1c(NC(=O)Nc2ccc(C(F)(F)F)cc2)n(C)c(=O)n1-c1ccccc1. The summed E-state index contributed by atoms with van der Waals surface area (Å²) in [4.78, 5) is 24.8. The number of nitrogens with zero attached hydrogens (tertiary/aromatic N) is 2. The van der Waals surface area contributed by atoms with Crippen molar-refractivity contribution >= 4 is 17.5 Å². The predicted molar refractivity (Wildman–Crippen MR) is 99.8 cm³/mol. The van der Waals surface area contributed by atoms with Crippen molar-refractivity contribution in [1.29, 1.82) is 0 Å². The van der Waals surface area contributed by atoms with Crippen LogP contribution < -0.4 is 16.3 Å². The van der Waals surface area contributed by atoms with Gasteiger partial charge in [-0.3, -0.25) is 14.5 Å². The Balaban J connectivity index is 1.81. The summed E-state index contributed by atoms with van der Waals surface area (Å²) >= 11 is 0. The van der Waals surface area contributed by atoms with E-state index in [1.807, 2.05) is 6.07 Å². The van der Waals surface area contributed by atoms with E-state index >= 15 is 0 Å².